The molecular weight excluding hydrogens is 310 g/mol. The van der Waals surface area contributed by atoms with E-state index in [1.54, 1.807) is 4.80 Å². The van der Waals surface area contributed by atoms with E-state index in [4.69, 9.17) is 0 Å². The summed E-state index contributed by atoms with van der Waals surface area (Å²) >= 11 is 0. The maximum atomic E-state index is 10.8. The fourth-order valence-corrected chi connectivity index (χ4v) is 3.11. The minimum Gasteiger partial charge on any atom is -0.505 e. The Morgan fingerprint density at radius 2 is 1.64 bits per heavy atom. The molecule has 0 spiro atoms. The molecule has 0 saturated heterocycles. The number of hydrogen-bond acceptors (Lipinski definition) is 3. The molecule has 3 rings (SSSR count). The lowest BCUT2D eigenvalue weighted by Crippen LogP contribution is -2.03. The van der Waals surface area contributed by atoms with Gasteiger partial charge in [-0.1, -0.05) is 38.8 Å². The van der Waals surface area contributed by atoms with Crippen molar-refractivity contribution >= 4 is 11.0 Å². The highest BCUT2D eigenvalue weighted by atomic mass is 16.3. The van der Waals surface area contributed by atoms with Gasteiger partial charge in [0.2, 0.25) is 0 Å². The molecule has 3 aromatic rings. The van der Waals surface area contributed by atoms with Crippen LogP contribution in [0.3, 0.4) is 0 Å². The van der Waals surface area contributed by atoms with Crippen molar-refractivity contribution in [2.24, 2.45) is 0 Å². The van der Waals surface area contributed by atoms with Crippen LogP contribution in [0.15, 0.2) is 30.3 Å². The number of hydrogen-bond donors (Lipinski definition) is 1. The minimum atomic E-state index is 0.311. The maximum absolute atomic E-state index is 10.8. The fourth-order valence-electron chi connectivity index (χ4n) is 3.11. The summed E-state index contributed by atoms with van der Waals surface area (Å²) in [5.41, 5.74) is 5.80. The van der Waals surface area contributed by atoms with Gasteiger partial charge in [0.25, 0.3) is 0 Å². The van der Waals surface area contributed by atoms with E-state index in [9.17, 15) is 5.11 Å². The molecule has 2 aromatic carbocycles. The highest BCUT2D eigenvalue weighted by Gasteiger charge is 2.14. The Bertz CT molecular complexity index is 867. The number of phenols is 1. The lowest BCUT2D eigenvalue weighted by Gasteiger charge is -2.12. The van der Waals surface area contributed by atoms with Gasteiger partial charge in [0, 0.05) is 0 Å². The number of aromatic hydroxyl groups is 1. The summed E-state index contributed by atoms with van der Waals surface area (Å²) in [6.07, 6.45) is 6.38. The molecule has 0 radical (unpaired) electrons. The van der Waals surface area contributed by atoms with Gasteiger partial charge in [0.1, 0.15) is 22.5 Å². The highest BCUT2D eigenvalue weighted by Crippen LogP contribution is 2.30. The third-order valence-electron chi connectivity index (χ3n) is 4.60. The Labute approximate surface area is 149 Å². The van der Waals surface area contributed by atoms with Gasteiger partial charge in [-0.3, -0.25) is 0 Å². The van der Waals surface area contributed by atoms with Crippen LogP contribution in [-0.4, -0.2) is 20.1 Å². The molecule has 1 heterocycles. The monoisotopic (exact) mass is 337 g/mol. The zero-order valence-corrected chi connectivity index (χ0v) is 15.4. The van der Waals surface area contributed by atoms with Crippen molar-refractivity contribution in [1.29, 1.82) is 0 Å². The maximum Gasteiger partial charge on any atom is 0.146 e. The smallest absolute Gasteiger partial charge is 0.146 e. The average Bonchev–Trinajstić information content (AvgIpc) is 3.02. The first-order valence-corrected chi connectivity index (χ1v) is 9.31. The van der Waals surface area contributed by atoms with E-state index in [0.29, 0.717) is 11.4 Å². The summed E-state index contributed by atoms with van der Waals surface area (Å²) in [7, 11) is 0. The van der Waals surface area contributed by atoms with Crippen LogP contribution in [0.4, 0.5) is 0 Å². The molecule has 0 unspecified atom stereocenters. The van der Waals surface area contributed by atoms with E-state index < -0.39 is 0 Å². The van der Waals surface area contributed by atoms with E-state index in [0.717, 1.165) is 60.7 Å². The number of aryl methyl sites for hydroxylation is 3. The van der Waals surface area contributed by atoms with Crippen LogP contribution in [0.2, 0.25) is 0 Å². The van der Waals surface area contributed by atoms with Crippen molar-refractivity contribution in [3.63, 3.8) is 0 Å². The SMILES string of the molecule is CCCCc1cc(CCCC)c(O)c(-n2nc3ccc(C)cc3n2)c1. The Balaban J connectivity index is 2.07. The molecule has 0 aliphatic rings. The van der Waals surface area contributed by atoms with E-state index in [1.165, 1.54) is 5.56 Å². The molecule has 0 fully saturated rings. The summed E-state index contributed by atoms with van der Waals surface area (Å²) in [5.74, 6) is 0.311. The lowest BCUT2D eigenvalue weighted by atomic mass is 10.00. The van der Waals surface area contributed by atoms with Gasteiger partial charge in [-0.05, 0) is 67.5 Å². The molecule has 0 saturated carbocycles. The van der Waals surface area contributed by atoms with Crippen LogP contribution < -0.4 is 0 Å². The molecule has 4 heteroatoms. The number of phenolic OH excluding ortho intramolecular Hbond substituents is 1. The predicted molar refractivity (Wildman–Crippen MR) is 102 cm³/mol. The van der Waals surface area contributed by atoms with Gasteiger partial charge in [-0.15, -0.1) is 15.0 Å². The Morgan fingerprint density at radius 3 is 2.40 bits per heavy atom. The summed E-state index contributed by atoms with van der Waals surface area (Å²) in [6.45, 7) is 6.41. The van der Waals surface area contributed by atoms with Crippen LogP contribution in [-0.2, 0) is 12.8 Å². The van der Waals surface area contributed by atoms with Crippen molar-refractivity contribution in [2.45, 2.75) is 59.3 Å². The average molecular weight is 337 g/mol. The van der Waals surface area contributed by atoms with Crippen LogP contribution in [0.25, 0.3) is 16.7 Å². The Hall–Kier alpha value is -2.36. The van der Waals surface area contributed by atoms with E-state index >= 15 is 0 Å². The van der Waals surface area contributed by atoms with Crippen molar-refractivity contribution in [3.8, 4) is 11.4 Å². The summed E-state index contributed by atoms with van der Waals surface area (Å²) < 4.78 is 0. The molecule has 4 nitrogen and oxygen atoms in total. The van der Waals surface area contributed by atoms with Crippen LogP contribution in [0.5, 0.6) is 5.75 Å². The summed E-state index contributed by atoms with van der Waals surface area (Å²) in [4.78, 5) is 1.59. The van der Waals surface area contributed by atoms with Crippen LogP contribution in [0.1, 0.15) is 56.2 Å². The van der Waals surface area contributed by atoms with Gasteiger partial charge >= 0.3 is 0 Å². The normalized spacial score (nSPS) is 11.3. The molecule has 0 bridgehead atoms. The first-order valence-electron chi connectivity index (χ1n) is 9.31. The Morgan fingerprint density at radius 1 is 0.920 bits per heavy atom. The quantitative estimate of drug-likeness (QED) is 0.651. The van der Waals surface area contributed by atoms with Crippen LogP contribution >= 0.6 is 0 Å². The number of nitrogens with zero attached hydrogens (tertiary/aromatic N) is 3. The number of rotatable bonds is 7. The molecule has 0 aliphatic carbocycles. The highest BCUT2D eigenvalue weighted by molar-refractivity contribution is 5.74. The van der Waals surface area contributed by atoms with E-state index in [2.05, 4.69) is 30.1 Å². The van der Waals surface area contributed by atoms with Crippen molar-refractivity contribution in [1.82, 2.24) is 15.0 Å². The number of aromatic nitrogens is 3. The van der Waals surface area contributed by atoms with Gasteiger partial charge in [-0.2, -0.15) is 0 Å². The zero-order valence-electron chi connectivity index (χ0n) is 15.4. The van der Waals surface area contributed by atoms with Crippen LogP contribution in [0, 0.1) is 6.92 Å². The number of fused-ring (bicyclic) bond motifs is 1. The number of benzene rings is 2. The first-order chi connectivity index (χ1) is 12.1. The molecule has 0 amide bonds. The molecular formula is C21H27N3O. The molecule has 0 atom stereocenters. The van der Waals surface area contributed by atoms with Gasteiger partial charge in [-0.25, -0.2) is 0 Å². The minimum absolute atomic E-state index is 0.311. The van der Waals surface area contributed by atoms with Crippen molar-refractivity contribution in [2.75, 3.05) is 0 Å². The topological polar surface area (TPSA) is 50.9 Å². The van der Waals surface area contributed by atoms with E-state index in [1.807, 2.05) is 31.2 Å². The second-order valence-corrected chi connectivity index (χ2v) is 6.81. The number of unbranched alkanes of at least 4 members (excludes halogenated alkanes) is 2. The molecule has 0 aliphatic heterocycles. The van der Waals surface area contributed by atoms with Crippen molar-refractivity contribution in [3.05, 3.63) is 47.0 Å². The van der Waals surface area contributed by atoms with Gasteiger partial charge in [0.15, 0.2) is 0 Å². The molecule has 1 aromatic heterocycles. The third kappa shape index (κ3) is 3.84. The summed E-state index contributed by atoms with van der Waals surface area (Å²) in [6, 6.07) is 10.2. The zero-order chi connectivity index (χ0) is 17.8. The molecule has 132 valence electrons. The lowest BCUT2D eigenvalue weighted by molar-refractivity contribution is 0.459. The standard InChI is InChI=1S/C21H27N3O/c1-4-6-8-16-13-17(9-7-5-2)21(25)20(14-16)24-22-18-11-10-15(3)12-19(18)23-24/h10-14,25H,4-9H2,1-3H3. The third-order valence-corrected chi connectivity index (χ3v) is 4.60. The van der Waals surface area contributed by atoms with Gasteiger partial charge in [0.05, 0.1) is 0 Å². The largest absolute Gasteiger partial charge is 0.505 e. The fraction of sp³-hybridized carbons (Fsp3) is 0.429. The second-order valence-electron chi connectivity index (χ2n) is 6.81. The first kappa shape index (κ1) is 17.5. The second kappa shape index (κ2) is 7.68. The van der Waals surface area contributed by atoms with Crippen molar-refractivity contribution < 1.29 is 5.11 Å². The molecule has 25 heavy (non-hydrogen) atoms. The predicted octanol–water partition coefficient (Wildman–Crippen LogP) is 5.12. The Kier molecular flexibility index (Phi) is 5.37. The molecule has 1 N–H and O–H groups in total. The van der Waals surface area contributed by atoms with Gasteiger partial charge < -0.3 is 5.11 Å². The summed E-state index contributed by atoms with van der Waals surface area (Å²) in [5, 5.41) is 20.0. The van der Waals surface area contributed by atoms with E-state index in [-0.39, 0.29) is 0 Å².